The molecule has 0 aromatic rings. The lowest BCUT2D eigenvalue weighted by Crippen LogP contribution is -1.92. The number of aliphatic carboxylic acids is 1. The van der Waals surface area contributed by atoms with Crippen molar-refractivity contribution < 1.29 is 9.90 Å². The molecule has 0 rings (SSSR count). The highest BCUT2D eigenvalue weighted by Gasteiger charge is 1.95. The first kappa shape index (κ1) is 34.7. The van der Waals surface area contributed by atoms with Crippen molar-refractivity contribution in [3.05, 3.63) is 36.5 Å². The maximum Gasteiger partial charge on any atom is 0.303 e. The summed E-state index contributed by atoms with van der Waals surface area (Å²) in [6.45, 7) is 2.28. The number of carboxylic acid groups (broad SMARTS) is 1. The van der Waals surface area contributed by atoms with Crippen LogP contribution in [0.2, 0.25) is 0 Å². The summed E-state index contributed by atoms with van der Waals surface area (Å²) in [4.78, 5) is 10.4. The van der Waals surface area contributed by atoms with Gasteiger partial charge in [-0.1, -0.05) is 140 Å². The molecular formula is C34H62O2. The molecule has 210 valence electrons. The fourth-order valence-electron chi connectivity index (χ4n) is 4.61. The molecule has 36 heavy (non-hydrogen) atoms. The first-order valence-corrected chi connectivity index (χ1v) is 15.9. The summed E-state index contributed by atoms with van der Waals surface area (Å²) >= 11 is 0. The van der Waals surface area contributed by atoms with Crippen molar-refractivity contribution in [2.24, 2.45) is 0 Å². The molecule has 2 heteroatoms. The molecule has 0 aliphatic heterocycles. The van der Waals surface area contributed by atoms with Crippen molar-refractivity contribution >= 4 is 5.97 Å². The van der Waals surface area contributed by atoms with Crippen LogP contribution in [-0.4, -0.2) is 11.1 Å². The van der Waals surface area contributed by atoms with Crippen LogP contribution in [0, 0.1) is 0 Å². The largest absolute Gasteiger partial charge is 0.481 e. The number of hydrogen-bond donors (Lipinski definition) is 1. The minimum atomic E-state index is -0.694. The highest BCUT2D eigenvalue weighted by Crippen LogP contribution is 2.14. The molecule has 0 bridgehead atoms. The minimum absolute atomic E-state index is 0.280. The van der Waals surface area contributed by atoms with Crippen LogP contribution in [0.25, 0.3) is 0 Å². The first-order chi connectivity index (χ1) is 17.8. The van der Waals surface area contributed by atoms with E-state index < -0.39 is 5.97 Å². The van der Waals surface area contributed by atoms with Crippen LogP contribution in [0.1, 0.15) is 174 Å². The third-order valence-corrected chi connectivity index (χ3v) is 6.98. The topological polar surface area (TPSA) is 37.3 Å². The predicted molar refractivity (Wildman–Crippen MR) is 161 cm³/mol. The maximum absolute atomic E-state index is 10.4. The summed E-state index contributed by atoms with van der Waals surface area (Å²) in [5.41, 5.74) is 0. The Kier molecular flexibility index (Phi) is 30.6. The SMILES string of the molecule is CCCCCCC=CCCCCCCCCCCCCCCCCC=CCCC=CCCCC(=O)O. The van der Waals surface area contributed by atoms with Gasteiger partial charge in [-0.15, -0.1) is 0 Å². The van der Waals surface area contributed by atoms with Crippen LogP contribution >= 0.6 is 0 Å². The zero-order valence-corrected chi connectivity index (χ0v) is 24.2. The van der Waals surface area contributed by atoms with Gasteiger partial charge < -0.3 is 5.11 Å². The Morgan fingerprint density at radius 2 is 0.694 bits per heavy atom. The van der Waals surface area contributed by atoms with Crippen LogP contribution in [0.15, 0.2) is 36.5 Å². The average Bonchev–Trinajstić information content (AvgIpc) is 2.87. The van der Waals surface area contributed by atoms with E-state index in [-0.39, 0.29) is 6.42 Å². The van der Waals surface area contributed by atoms with Gasteiger partial charge in [0.25, 0.3) is 0 Å². The second-order valence-corrected chi connectivity index (χ2v) is 10.7. The number of rotatable bonds is 29. The van der Waals surface area contributed by atoms with Crippen molar-refractivity contribution in [1.82, 2.24) is 0 Å². The Morgan fingerprint density at radius 3 is 1.03 bits per heavy atom. The normalized spacial score (nSPS) is 12.0. The van der Waals surface area contributed by atoms with Crippen molar-refractivity contribution in [2.45, 2.75) is 174 Å². The maximum atomic E-state index is 10.4. The van der Waals surface area contributed by atoms with Crippen molar-refractivity contribution in [3.8, 4) is 0 Å². The van der Waals surface area contributed by atoms with Gasteiger partial charge in [0, 0.05) is 6.42 Å². The van der Waals surface area contributed by atoms with Gasteiger partial charge in [0.2, 0.25) is 0 Å². The van der Waals surface area contributed by atoms with Crippen LogP contribution in [0.3, 0.4) is 0 Å². The van der Waals surface area contributed by atoms with E-state index >= 15 is 0 Å². The zero-order chi connectivity index (χ0) is 26.2. The summed E-state index contributed by atoms with van der Waals surface area (Å²) in [5, 5.41) is 8.59. The van der Waals surface area contributed by atoms with Crippen LogP contribution in [-0.2, 0) is 4.79 Å². The lowest BCUT2D eigenvalue weighted by Gasteiger charge is -2.03. The molecule has 0 radical (unpaired) electrons. The highest BCUT2D eigenvalue weighted by atomic mass is 16.4. The fraction of sp³-hybridized carbons (Fsp3) is 0.794. The Hall–Kier alpha value is -1.31. The van der Waals surface area contributed by atoms with E-state index in [1.165, 1.54) is 135 Å². The van der Waals surface area contributed by atoms with E-state index in [1.807, 2.05) is 0 Å². The van der Waals surface area contributed by atoms with E-state index in [0.717, 1.165) is 25.7 Å². The van der Waals surface area contributed by atoms with Gasteiger partial charge in [0.05, 0.1) is 0 Å². The Bertz CT molecular complexity index is 517. The van der Waals surface area contributed by atoms with Gasteiger partial charge in [-0.05, 0) is 64.2 Å². The summed E-state index contributed by atoms with van der Waals surface area (Å²) in [5.74, 6) is -0.694. The number of carbonyl (C=O) groups is 1. The molecule has 0 aliphatic carbocycles. The molecule has 2 nitrogen and oxygen atoms in total. The molecule has 0 spiro atoms. The Balaban J connectivity index is 3.15. The molecule has 0 unspecified atom stereocenters. The molecule has 0 atom stereocenters. The molecule has 0 saturated carbocycles. The summed E-state index contributed by atoms with van der Waals surface area (Å²) in [6, 6.07) is 0. The molecule has 0 fully saturated rings. The molecule has 0 aromatic heterocycles. The Labute approximate surface area is 226 Å². The van der Waals surface area contributed by atoms with Gasteiger partial charge in [0.15, 0.2) is 0 Å². The van der Waals surface area contributed by atoms with Gasteiger partial charge in [-0.2, -0.15) is 0 Å². The first-order valence-electron chi connectivity index (χ1n) is 15.9. The van der Waals surface area contributed by atoms with Crippen LogP contribution < -0.4 is 0 Å². The highest BCUT2D eigenvalue weighted by molar-refractivity contribution is 5.66. The van der Waals surface area contributed by atoms with Crippen molar-refractivity contribution in [1.29, 1.82) is 0 Å². The smallest absolute Gasteiger partial charge is 0.303 e. The van der Waals surface area contributed by atoms with Gasteiger partial charge in [-0.25, -0.2) is 0 Å². The second kappa shape index (κ2) is 31.7. The quantitative estimate of drug-likeness (QED) is 0.0815. The summed E-state index contributed by atoms with van der Waals surface area (Å²) in [6.07, 6.45) is 47.1. The summed E-state index contributed by atoms with van der Waals surface area (Å²) < 4.78 is 0. The van der Waals surface area contributed by atoms with E-state index in [2.05, 4.69) is 43.4 Å². The van der Waals surface area contributed by atoms with E-state index in [9.17, 15) is 4.79 Å². The molecule has 0 amide bonds. The molecule has 0 saturated heterocycles. The average molecular weight is 503 g/mol. The molecule has 0 aromatic carbocycles. The summed E-state index contributed by atoms with van der Waals surface area (Å²) in [7, 11) is 0. The molecular weight excluding hydrogens is 440 g/mol. The number of carboxylic acids is 1. The minimum Gasteiger partial charge on any atom is -0.481 e. The number of allylic oxidation sites excluding steroid dienone is 6. The fourth-order valence-corrected chi connectivity index (χ4v) is 4.61. The predicted octanol–water partition coefficient (Wildman–Crippen LogP) is 11.9. The van der Waals surface area contributed by atoms with Crippen LogP contribution in [0.4, 0.5) is 0 Å². The third kappa shape index (κ3) is 32.7. The zero-order valence-electron chi connectivity index (χ0n) is 24.2. The second-order valence-electron chi connectivity index (χ2n) is 10.7. The lowest BCUT2D eigenvalue weighted by atomic mass is 10.0. The van der Waals surface area contributed by atoms with Gasteiger partial charge in [0.1, 0.15) is 0 Å². The Morgan fingerprint density at radius 1 is 0.417 bits per heavy atom. The van der Waals surface area contributed by atoms with Gasteiger partial charge >= 0.3 is 5.97 Å². The molecule has 0 heterocycles. The molecule has 1 N–H and O–H groups in total. The van der Waals surface area contributed by atoms with Gasteiger partial charge in [-0.3, -0.25) is 4.79 Å². The molecule has 0 aliphatic rings. The van der Waals surface area contributed by atoms with Crippen molar-refractivity contribution in [2.75, 3.05) is 0 Å². The monoisotopic (exact) mass is 502 g/mol. The van der Waals surface area contributed by atoms with E-state index in [4.69, 9.17) is 5.11 Å². The third-order valence-electron chi connectivity index (χ3n) is 6.98. The van der Waals surface area contributed by atoms with Crippen molar-refractivity contribution in [3.63, 3.8) is 0 Å². The van der Waals surface area contributed by atoms with Crippen LogP contribution in [0.5, 0.6) is 0 Å². The van der Waals surface area contributed by atoms with E-state index in [0.29, 0.717) is 0 Å². The standard InChI is InChI=1S/C34H62O2/c1-2-3-4-5-6-7-8-9-10-11-12-13-14-15-16-17-18-19-20-21-22-23-24-25-26-27-28-29-30-31-32-33-34(35)36/h7-8,25-26,29-30H,2-6,9-24,27-28,31-33H2,1H3,(H,35,36). The number of unbranched alkanes of at least 4 members (excludes halogenated alkanes) is 21. The lowest BCUT2D eigenvalue weighted by molar-refractivity contribution is -0.137. The number of hydrogen-bond acceptors (Lipinski definition) is 1. The van der Waals surface area contributed by atoms with E-state index in [1.54, 1.807) is 0 Å².